The Kier molecular flexibility index (Phi) is 7.00. The number of halogens is 2. The number of rotatable bonds is 6. The molecular formula is C25H18Cl2N2O2S. The molecule has 0 saturated carbocycles. The SMILES string of the molecule is O=C(CSc1ccc(NC(=O)c2ccc3ccccc3c2)cc1)Nc1ccc(Cl)c(Cl)c1. The lowest BCUT2D eigenvalue weighted by Crippen LogP contribution is -2.14. The van der Waals surface area contributed by atoms with Crippen molar-refractivity contribution in [2.24, 2.45) is 0 Å². The lowest BCUT2D eigenvalue weighted by molar-refractivity contribution is -0.113. The van der Waals surface area contributed by atoms with Gasteiger partial charge in [-0.2, -0.15) is 0 Å². The van der Waals surface area contributed by atoms with Gasteiger partial charge in [0, 0.05) is 21.8 Å². The molecule has 4 aromatic carbocycles. The number of amides is 2. The highest BCUT2D eigenvalue weighted by Gasteiger charge is 2.09. The van der Waals surface area contributed by atoms with Crippen LogP contribution in [0, 0.1) is 0 Å². The first-order valence-corrected chi connectivity index (χ1v) is 11.5. The number of anilines is 2. The van der Waals surface area contributed by atoms with Crippen molar-refractivity contribution in [3.8, 4) is 0 Å². The molecule has 0 bridgehead atoms. The Bertz CT molecular complexity index is 1290. The van der Waals surface area contributed by atoms with Gasteiger partial charge in [0.05, 0.1) is 15.8 Å². The topological polar surface area (TPSA) is 58.2 Å². The molecule has 0 unspecified atom stereocenters. The van der Waals surface area contributed by atoms with Crippen molar-refractivity contribution < 1.29 is 9.59 Å². The van der Waals surface area contributed by atoms with Crippen molar-refractivity contribution in [3.63, 3.8) is 0 Å². The van der Waals surface area contributed by atoms with Crippen LogP contribution in [-0.2, 0) is 4.79 Å². The molecule has 0 saturated heterocycles. The third-order valence-corrected chi connectivity index (χ3v) is 6.45. The van der Waals surface area contributed by atoms with Crippen molar-refractivity contribution in [1.82, 2.24) is 0 Å². The lowest BCUT2D eigenvalue weighted by Gasteiger charge is -2.08. The summed E-state index contributed by atoms with van der Waals surface area (Å²) in [6.07, 6.45) is 0. The molecule has 0 heterocycles. The number of carbonyl (C=O) groups is 2. The van der Waals surface area contributed by atoms with Crippen LogP contribution in [0.15, 0.2) is 89.8 Å². The summed E-state index contributed by atoms with van der Waals surface area (Å²) in [6, 6.07) is 25.9. The molecule has 0 spiro atoms. The molecule has 2 N–H and O–H groups in total. The third kappa shape index (κ3) is 5.62. The quantitative estimate of drug-likeness (QED) is 0.288. The van der Waals surface area contributed by atoms with E-state index in [2.05, 4.69) is 10.6 Å². The zero-order valence-electron chi connectivity index (χ0n) is 16.8. The Morgan fingerprint density at radius 1 is 0.719 bits per heavy atom. The van der Waals surface area contributed by atoms with Gasteiger partial charge >= 0.3 is 0 Å². The first kappa shape index (κ1) is 22.2. The van der Waals surface area contributed by atoms with Crippen molar-refractivity contribution >= 4 is 68.9 Å². The summed E-state index contributed by atoms with van der Waals surface area (Å²) in [5, 5.41) is 8.63. The average molecular weight is 481 g/mol. The Hall–Kier alpha value is -2.99. The number of thioether (sulfide) groups is 1. The van der Waals surface area contributed by atoms with Gasteiger partial charge in [0.25, 0.3) is 5.91 Å². The van der Waals surface area contributed by atoms with Gasteiger partial charge in [0.2, 0.25) is 5.91 Å². The molecular weight excluding hydrogens is 463 g/mol. The minimum atomic E-state index is -0.169. The van der Waals surface area contributed by atoms with E-state index in [-0.39, 0.29) is 17.6 Å². The van der Waals surface area contributed by atoms with Crippen LogP contribution in [0.25, 0.3) is 10.8 Å². The average Bonchev–Trinajstić information content (AvgIpc) is 2.80. The predicted octanol–water partition coefficient (Wildman–Crippen LogP) is 7.13. The molecule has 7 heteroatoms. The van der Waals surface area contributed by atoms with Crippen LogP contribution in [0.5, 0.6) is 0 Å². The maximum absolute atomic E-state index is 12.6. The summed E-state index contributed by atoms with van der Waals surface area (Å²) < 4.78 is 0. The number of nitrogens with one attached hydrogen (secondary N) is 2. The van der Waals surface area contributed by atoms with Gasteiger partial charge in [-0.05, 0) is 65.4 Å². The molecule has 0 radical (unpaired) electrons. The van der Waals surface area contributed by atoms with E-state index in [1.54, 1.807) is 18.2 Å². The normalized spacial score (nSPS) is 10.7. The largest absolute Gasteiger partial charge is 0.325 e. The fourth-order valence-electron chi connectivity index (χ4n) is 3.09. The van der Waals surface area contributed by atoms with Gasteiger partial charge in [-0.25, -0.2) is 0 Å². The van der Waals surface area contributed by atoms with E-state index in [1.807, 2.05) is 66.7 Å². The first-order chi connectivity index (χ1) is 15.5. The van der Waals surface area contributed by atoms with Crippen molar-refractivity contribution in [2.45, 2.75) is 4.90 Å². The number of hydrogen-bond donors (Lipinski definition) is 2. The third-order valence-electron chi connectivity index (χ3n) is 4.70. The molecule has 0 aliphatic rings. The summed E-state index contributed by atoms with van der Waals surface area (Å²) in [4.78, 5) is 25.7. The van der Waals surface area contributed by atoms with E-state index >= 15 is 0 Å². The van der Waals surface area contributed by atoms with E-state index in [4.69, 9.17) is 23.2 Å². The Balaban J connectivity index is 1.31. The molecule has 4 aromatic rings. The van der Waals surface area contributed by atoms with E-state index < -0.39 is 0 Å². The number of carbonyl (C=O) groups excluding carboxylic acids is 2. The van der Waals surface area contributed by atoms with Crippen molar-refractivity contribution in [2.75, 3.05) is 16.4 Å². The van der Waals surface area contributed by atoms with Crippen molar-refractivity contribution in [3.05, 3.63) is 101 Å². The molecule has 0 aliphatic heterocycles. The molecule has 4 nitrogen and oxygen atoms in total. The second kappa shape index (κ2) is 10.1. The maximum Gasteiger partial charge on any atom is 0.255 e. The monoisotopic (exact) mass is 480 g/mol. The van der Waals surface area contributed by atoms with Gasteiger partial charge in [0.1, 0.15) is 0 Å². The molecule has 32 heavy (non-hydrogen) atoms. The maximum atomic E-state index is 12.6. The summed E-state index contributed by atoms with van der Waals surface area (Å²) >= 11 is 13.2. The zero-order valence-corrected chi connectivity index (χ0v) is 19.1. The number of fused-ring (bicyclic) bond motifs is 1. The van der Waals surface area contributed by atoms with Gasteiger partial charge in [-0.15, -0.1) is 11.8 Å². The second-order valence-corrected chi connectivity index (χ2v) is 8.87. The van der Waals surface area contributed by atoms with Crippen LogP contribution >= 0.6 is 35.0 Å². The standard InChI is InChI=1S/C25H18Cl2N2O2S/c26-22-12-9-20(14-23(22)27)28-24(30)15-32-21-10-7-19(8-11-21)29-25(31)18-6-5-16-3-1-2-4-17(16)13-18/h1-14H,15H2,(H,28,30)(H,29,31). The van der Waals surface area contributed by atoms with Gasteiger partial charge in [-0.1, -0.05) is 53.5 Å². The Labute approximate surface area is 199 Å². The number of hydrogen-bond acceptors (Lipinski definition) is 3. The highest BCUT2D eigenvalue weighted by Crippen LogP contribution is 2.26. The second-order valence-electron chi connectivity index (χ2n) is 7.01. The smallest absolute Gasteiger partial charge is 0.255 e. The zero-order chi connectivity index (χ0) is 22.5. The molecule has 2 amide bonds. The molecule has 4 rings (SSSR count). The van der Waals surface area contributed by atoms with E-state index in [9.17, 15) is 9.59 Å². The van der Waals surface area contributed by atoms with E-state index in [0.29, 0.717) is 27.0 Å². The Morgan fingerprint density at radius 3 is 2.19 bits per heavy atom. The molecule has 0 aliphatic carbocycles. The lowest BCUT2D eigenvalue weighted by atomic mass is 10.1. The highest BCUT2D eigenvalue weighted by molar-refractivity contribution is 8.00. The first-order valence-electron chi connectivity index (χ1n) is 9.76. The Morgan fingerprint density at radius 2 is 1.44 bits per heavy atom. The van der Waals surface area contributed by atoms with Crippen molar-refractivity contribution in [1.29, 1.82) is 0 Å². The molecule has 0 aromatic heterocycles. The van der Waals surface area contributed by atoms with Crippen LogP contribution < -0.4 is 10.6 Å². The minimum Gasteiger partial charge on any atom is -0.325 e. The highest BCUT2D eigenvalue weighted by atomic mass is 35.5. The predicted molar refractivity (Wildman–Crippen MR) is 134 cm³/mol. The van der Waals surface area contributed by atoms with Gasteiger partial charge in [0.15, 0.2) is 0 Å². The summed E-state index contributed by atoms with van der Waals surface area (Å²) in [5.41, 5.74) is 1.88. The molecule has 0 fully saturated rings. The van der Waals surface area contributed by atoms with Gasteiger partial charge in [-0.3, -0.25) is 9.59 Å². The van der Waals surface area contributed by atoms with E-state index in [1.165, 1.54) is 11.8 Å². The molecule has 0 atom stereocenters. The van der Waals surface area contributed by atoms with Crippen LogP contribution in [0.4, 0.5) is 11.4 Å². The summed E-state index contributed by atoms with van der Waals surface area (Å²) in [5.74, 6) is -0.0810. The summed E-state index contributed by atoms with van der Waals surface area (Å²) in [7, 11) is 0. The van der Waals surface area contributed by atoms with E-state index in [0.717, 1.165) is 15.7 Å². The van der Waals surface area contributed by atoms with Crippen LogP contribution in [0.1, 0.15) is 10.4 Å². The minimum absolute atomic E-state index is 0.151. The summed E-state index contributed by atoms with van der Waals surface area (Å²) in [6.45, 7) is 0. The van der Waals surface area contributed by atoms with Crippen LogP contribution in [-0.4, -0.2) is 17.6 Å². The molecule has 160 valence electrons. The van der Waals surface area contributed by atoms with Gasteiger partial charge < -0.3 is 10.6 Å². The van der Waals surface area contributed by atoms with Crippen LogP contribution in [0.2, 0.25) is 10.0 Å². The fourth-order valence-corrected chi connectivity index (χ4v) is 4.08. The number of benzene rings is 4. The fraction of sp³-hybridized carbons (Fsp3) is 0.0400. The van der Waals surface area contributed by atoms with Crippen LogP contribution in [0.3, 0.4) is 0 Å².